The van der Waals surface area contributed by atoms with Crippen LogP contribution in [0.15, 0.2) is 109 Å². The van der Waals surface area contributed by atoms with Crippen LogP contribution in [0, 0.1) is 18.4 Å². The fourth-order valence-electron chi connectivity index (χ4n) is 5.78. The van der Waals surface area contributed by atoms with Gasteiger partial charge in [-0.15, -0.1) is 29.1 Å². The van der Waals surface area contributed by atoms with Crippen LogP contribution in [0.2, 0.25) is 0 Å². The minimum Gasteiger partial charge on any atom is -0.228 e. The number of hydrogen-bond acceptors (Lipinski definition) is 1. The van der Waals surface area contributed by atoms with Gasteiger partial charge in [0.1, 0.15) is 0 Å². The summed E-state index contributed by atoms with van der Waals surface area (Å²) in [4.78, 5) is 0. The largest absolute Gasteiger partial charge is 0.228 e. The second-order valence-electron chi connectivity index (χ2n) is 8.61. The Morgan fingerprint density at radius 3 is 2.45 bits per heavy atom. The van der Waals surface area contributed by atoms with Crippen molar-refractivity contribution in [1.82, 2.24) is 0 Å². The molecule has 0 amide bonds. The summed E-state index contributed by atoms with van der Waals surface area (Å²) in [7, 11) is 0. The van der Waals surface area contributed by atoms with Gasteiger partial charge in [-0.1, -0.05) is 48.4 Å². The van der Waals surface area contributed by atoms with Gasteiger partial charge < -0.3 is 0 Å². The van der Waals surface area contributed by atoms with Crippen molar-refractivity contribution in [3.05, 3.63) is 138 Å². The molecule has 0 nitrogen and oxygen atoms in total. The first-order valence-electron chi connectivity index (χ1n) is 11.1. The zero-order valence-electron chi connectivity index (χ0n) is 18.0. The van der Waals surface area contributed by atoms with Gasteiger partial charge in [-0.3, -0.25) is 0 Å². The van der Waals surface area contributed by atoms with E-state index < -0.39 is 0 Å². The van der Waals surface area contributed by atoms with E-state index in [0.717, 1.165) is 0 Å². The fourth-order valence-corrected chi connectivity index (χ4v) is 6.91. The smallest absolute Gasteiger partial charge is 0.0359 e. The molecule has 0 aliphatic heterocycles. The van der Waals surface area contributed by atoms with Crippen LogP contribution in [0.5, 0.6) is 0 Å². The van der Waals surface area contributed by atoms with Crippen LogP contribution in [0.4, 0.5) is 0 Å². The normalized spacial score (nSPS) is 20.3. The molecular weight excluding hydrogens is 493 g/mol. The summed E-state index contributed by atoms with van der Waals surface area (Å²) in [6, 6.07) is 34.8. The number of thiophene rings is 1. The van der Waals surface area contributed by atoms with E-state index in [0.29, 0.717) is 0 Å². The molecule has 0 fully saturated rings. The second kappa shape index (κ2) is 8.10. The number of hydrogen-bond donors (Lipinski definition) is 0. The molecule has 0 N–H and O–H groups in total. The molecule has 33 heavy (non-hydrogen) atoms. The quantitative estimate of drug-likeness (QED) is 0.209. The van der Waals surface area contributed by atoms with E-state index in [4.69, 9.17) is 0 Å². The molecule has 2 heteroatoms. The van der Waals surface area contributed by atoms with Crippen molar-refractivity contribution >= 4 is 31.5 Å². The first-order chi connectivity index (χ1) is 15.9. The molecule has 1 radical (unpaired) electrons. The zero-order valence-corrected chi connectivity index (χ0v) is 21.7. The van der Waals surface area contributed by atoms with E-state index >= 15 is 0 Å². The Bertz CT molecular complexity index is 1560. The van der Waals surface area contributed by atoms with Crippen molar-refractivity contribution in [3.8, 4) is 11.1 Å². The molecule has 2 atom stereocenters. The van der Waals surface area contributed by atoms with Crippen molar-refractivity contribution in [2.45, 2.75) is 5.41 Å². The summed E-state index contributed by atoms with van der Waals surface area (Å²) in [5.74, 6) is 0.223. The number of fused-ring (bicyclic) bond motifs is 6. The van der Waals surface area contributed by atoms with Gasteiger partial charge in [0, 0.05) is 58.3 Å². The first-order valence-corrected chi connectivity index (χ1v) is 11.9. The molecule has 5 aromatic rings. The molecule has 2 aliphatic rings. The Morgan fingerprint density at radius 1 is 0.758 bits per heavy atom. The average Bonchev–Trinajstić information content (AvgIpc) is 3.37. The van der Waals surface area contributed by atoms with Crippen LogP contribution in [0.25, 0.3) is 31.3 Å². The van der Waals surface area contributed by atoms with Crippen LogP contribution in [0.1, 0.15) is 16.7 Å². The monoisotopic (exact) mass is 513 g/mol. The number of benzene rings is 4. The van der Waals surface area contributed by atoms with Gasteiger partial charge in [-0.2, -0.15) is 30.3 Å². The van der Waals surface area contributed by atoms with Crippen LogP contribution in [-0.2, 0) is 38.1 Å². The molecule has 7 rings (SSSR count). The van der Waals surface area contributed by atoms with E-state index in [1.807, 2.05) is 11.3 Å². The van der Waals surface area contributed by atoms with Crippen LogP contribution in [0.3, 0.4) is 0 Å². The van der Waals surface area contributed by atoms with E-state index in [9.17, 15) is 0 Å². The maximum Gasteiger partial charge on any atom is 0.0359 e. The van der Waals surface area contributed by atoms with Crippen molar-refractivity contribution in [1.29, 1.82) is 0 Å². The predicted molar refractivity (Wildman–Crippen MR) is 136 cm³/mol. The topological polar surface area (TPSA) is 0 Å². The standard InChI is InChI=1S/C31H20S.Y/c1-3-11-21(12-4-1)31(22-13-5-2-6-14-22)27-17-9-7-15-23(27)25-19-26-24-16-8-10-18-29(24)32-30(26)20-28(25)31;/h1-13,15-21H;/q-2;. The van der Waals surface area contributed by atoms with Gasteiger partial charge in [0.2, 0.25) is 0 Å². The summed E-state index contributed by atoms with van der Waals surface area (Å²) < 4.78 is 2.71. The number of allylic oxidation sites excluding steroid dienone is 4. The summed E-state index contributed by atoms with van der Waals surface area (Å²) in [6.45, 7) is 0. The summed E-state index contributed by atoms with van der Waals surface area (Å²) in [6.07, 6.45) is 11.2. The maximum absolute atomic E-state index is 3.63. The van der Waals surface area contributed by atoms with E-state index in [1.54, 1.807) is 0 Å². The molecule has 2 unspecified atom stereocenters. The first kappa shape index (κ1) is 21.1. The third-order valence-corrected chi connectivity index (χ3v) is 8.21. The molecule has 0 spiro atoms. The molecule has 1 heterocycles. The van der Waals surface area contributed by atoms with Crippen LogP contribution in [-0.4, -0.2) is 0 Å². The van der Waals surface area contributed by atoms with Crippen molar-refractivity contribution < 1.29 is 32.7 Å². The Hall–Kier alpha value is -2.45. The van der Waals surface area contributed by atoms with Crippen molar-refractivity contribution in [2.75, 3.05) is 0 Å². The summed E-state index contributed by atoms with van der Waals surface area (Å²) in [5.41, 5.74) is 6.40. The summed E-state index contributed by atoms with van der Waals surface area (Å²) >= 11 is 1.90. The molecule has 4 aromatic carbocycles. The minimum atomic E-state index is -0.293. The molecule has 2 aliphatic carbocycles. The van der Waals surface area contributed by atoms with Gasteiger partial charge in [0.05, 0.1) is 0 Å². The van der Waals surface area contributed by atoms with Gasteiger partial charge in [0.25, 0.3) is 0 Å². The number of rotatable bonds is 2. The Morgan fingerprint density at radius 2 is 1.61 bits per heavy atom. The van der Waals surface area contributed by atoms with E-state index in [2.05, 4.69) is 122 Å². The van der Waals surface area contributed by atoms with Crippen molar-refractivity contribution in [3.63, 3.8) is 0 Å². The van der Waals surface area contributed by atoms with E-state index in [1.165, 1.54) is 48.0 Å². The molecule has 1 aromatic heterocycles. The van der Waals surface area contributed by atoms with Gasteiger partial charge in [-0.25, -0.2) is 18.6 Å². The fraction of sp³-hybridized carbons (Fsp3) is 0.0645. The molecule has 0 saturated heterocycles. The SMILES string of the molecule is [Y].[c-]1ccccc1C1(C2C=CC=C[CH-]2)c2ccccc2-c2cc3c(cc21)sc1ccccc13. The predicted octanol–water partition coefficient (Wildman–Crippen LogP) is 8.11. The maximum atomic E-state index is 3.63. The molecule has 0 bridgehead atoms. The van der Waals surface area contributed by atoms with Crippen LogP contribution < -0.4 is 0 Å². The van der Waals surface area contributed by atoms with Crippen molar-refractivity contribution in [2.24, 2.45) is 5.92 Å². The van der Waals surface area contributed by atoms with Gasteiger partial charge in [-0.05, 0) is 40.5 Å². The Balaban J connectivity index is 0.00000206. The zero-order chi connectivity index (χ0) is 21.1. The molecule has 0 saturated carbocycles. The average molecular weight is 513 g/mol. The third kappa shape index (κ3) is 2.93. The van der Waals surface area contributed by atoms with Gasteiger partial charge in [0.15, 0.2) is 0 Å². The molecular formula is C31H20SY-2. The Labute approximate surface area is 223 Å². The minimum absolute atomic E-state index is 0. The molecule has 155 valence electrons. The van der Waals surface area contributed by atoms with E-state index in [-0.39, 0.29) is 44.0 Å². The third-order valence-electron chi connectivity index (χ3n) is 7.08. The van der Waals surface area contributed by atoms with Gasteiger partial charge >= 0.3 is 0 Å². The second-order valence-corrected chi connectivity index (χ2v) is 9.69. The Kier molecular flexibility index (Phi) is 5.18. The van der Waals surface area contributed by atoms with Crippen LogP contribution >= 0.6 is 11.3 Å². The summed E-state index contributed by atoms with van der Waals surface area (Å²) in [5, 5.41) is 2.71.